The predicted octanol–water partition coefficient (Wildman–Crippen LogP) is 0.224. The van der Waals surface area contributed by atoms with Crippen LogP contribution in [0.15, 0.2) is 24.3 Å². The molecule has 0 saturated carbocycles. The third kappa shape index (κ3) is 10.6. The number of hydroxylamine groups is 3. The Hall–Kier alpha value is -3.23. The number of benzene rings is 1. The van der Waals surface area contributed by atoms with Crippen molar-refractivity contribution in [2.45, 2.75) is 19.3 Å². The molecule has 0 aliphatic carbocycles. The molecular weight excluding hydrogens is 480 g/mol. The number of aldehydes is 1. The van der Waals surface area contributed by atoms with Gasteiger partial charge in [0.2, 0.25) is 0 Å². The molecule has 1 aliphatic heterocycles. The maximum absolute atomic E-state index is 12.1. The lowest BCUT2D eigenvalue weighted by molar-refractivity contribution is -0.159. The predicted molar refractivity (Wildman–Crippen MR) is 120 cm³/mol. The highest BCUT2D eigenvalue weighted by Gasteiger charge is 2.36. The topological polar surface area (TPSA) is 156 Å². The number of nitrogens with one attached hydrogen (secondary N) is 1. The van der Waals surface area contributed by atoms with E-state index in [0.29, 0.717) is 50.4 Å². The third-order valence-corrected chi connectivity index (χ3v) is 4.54. The molecule has 0 unspecified atom stereocenters. The zero-order valence-electron chi connectivity index (χ0n) is 19.8. The summed E-state index contributed by atoms with van der Waals surface area (Å²) in [6.07, 6.45) is 0.574. The van der Waals surface area contributed by atoms with Crippen LogP contribution in [0.1, 0.15) is 40.0 Å². The lowest BCUT2D eigenvalue weighted by atomic mass is 10.1. The first-order valence-electron chi connectivity index (χ1n) is 11.4. The van der Waals surface area contributed by atoms with Crippen molar-refractivity contribution >= 4 is 30.0 Å². The molecule has 3 amide bonds. The van der Waals surface area contributed by atoms with E-state index < -0.39 is 23.7 Å². The van der Waals surface area contributed by atoms with Gasteiger partial charge in [-0.05, 0) is 12.1 Å². The number of nitrogens with zero attached hydrogens (tertiary/aromatic N) is 1. The molecule has 0 spiro atoms. The average molecular weight is 510 g/mol. The van der Waals surface area contributed by atoms with Crippen LogP contribution >= 0.6 is 0 Å². The Bertz CT molecular complexity index is 842. The summed E-state index contributed by atoms with van der Waals surface area (Å²) in [7, 11) is 0. The first-order valence-corrected chi connectivity index (χ1v) is 11.4. The lowest BCUT2D eigenvalue weighted by Crippen LogP contribution is -2.31. The van der Waals surface area contributed by atoms with Gasteiger partial charge in [-0.25, -0.2) is 4.79 Å². The zero-order valence-corrected chi connectivity index (χ0v) is 19.8. The molecule has 1 aromatic rings. The van der Waals surface area contributed by atoms with E-state index in [1.807, 2.05) is 5.48 Å². The van der Waals surface area contributed by atoms with Crippen molar-refractivity contribution in [1.82, 2.24) is 10.5 Å². The molecule has 13 nitrogen and oxygen atoms in total. The van der Waals surface area contributed by atoms with Gasteiger partial charge in [-0.15, -0.1) is 5.06 Å². The normalized spacial score (nSPS) is 12.5. The SMILES string of the molecule is O=CCCC(=O)NOC(=O)CCOCCOCCOCCOCCON1C(=O)c2ccccc2C1=O. The van der Waals surface area contributed by atoms with Gasteiger partial charge in [-0.3, -0.25) is 19.2 Å². The number of hydrogen-bond acceptors (Lipinski definition) is 11. The van der Waals surface area contributed by atoms with Gasteiger partial charge in [0.1, 0.15) is 6.29 Å². The second-order valence-electron chi connectivity index (χ2n) is 7.19. The molecule has 0 atom stereocenters. The minimum absolute atomic E-state index is 0.0413. The number of amides is 3. The van der Waals surface area contributed by atoms with Crippen molar-refractivity contribution in [2.75, 3.05) is 59.5 Å². The quantitative estimate of drug-likeness (QED) is 0.118. The van der Waals surface area contributed by atoms with E-state index in [-0.39, 0.29) is 45.7 Å². The van der Waals surface area contributed by atoms with Gasteiger partial charge >= 0.3 is 5.97 Å². The number of imide groups is 1. The van der Waals surface area contributed by atoms with E-state index in [1.54, 1.807) is 24.3 Å². The number of rotatable bonds is 19. The Balaban J connectivity index is 1.33. The van der Waals surface area contributed by atoms with Crippen LogP contribution in [-0.4, -0.2) is 94.5 Å². The Kier molecular flexibility index (Phi) is 13.9. The second kappa shape index (κ2) is 17.2. The van der Waals surface area contributed by atoms with Gasteiger partial charge in [0, 0.05) is 12.8 Å². The average Bonchev–Trinajstić information content (AvgIpc) is 3.13. The maximum Gasteiger partial charge on any atom is 0.334 e. The highest BCUT2D eigenvalue weighted by molar-refractivity contribution is 6.20. The van der Waals surface area contributed by atoms with Gasteiger partial charge in [0.25, 0.3) is 17.7 Å². The van der Waals surface area contributed by atoms with Crippen LogP contribution in [0.25, 0.3) is 0 Å². The van der Waals surface area contributed by atoms with Crippen molar-refractivity contribution < 1.29 is 52.6 Å². The van der Waals surface area contributed by atoms with Crippen LogP contribution < -0.4 is 5.48 Å². The second-order valence-corrected chi connectivity index (χ2v) is 7.19. The lowest BCUT2D eigenvalue weighted by Gasteiger charge is -2.13. The van der Waals surface area contributed by atoms with Crippen LogP contribution in [0.4, 0.5) is 0 Å². The molecule has 0 saturated heterocycles. The smallest absolute Gasteiger partial charge is 0.334 e. The van der Waals surface area contributed by atoms with Crippen molar-refractivity contribution in [1.29, 1.82) is 0 Å². The van der Waals surface area contributed by atoms with Crippen LogP contribution in [0, 0.1) is 0 Å². The first-order chi connectivity index (χ1) is 17.5. The molecule has 198 valence electrons. The van der Waals surface area contributed by atoms with Gasteiger partial charge in [-0.2, -0.15) is 5.48 Å². The summed E-state index contributed by atoms with van der Waals surface area (Å²) < 4.78 is 21.2. The van der Waals surface area contributed by atoms with Crippen molar-refractivity contribution in [3.8, 4) is 0 Å². The molecule has 1 N–H and O–H groups in total. The highest BCUT2D eigenvalue weighted by atomic mass is 16.7. The number of fused-ring (bicyclic) bond motifs is 1. The fourth-order valence-corrected chi connectivity index (χ4v) is 2.80. The van der Waals surface area contributed by atoms with E-state index in [1.165, 1.54) is 0 Å². The fourth-order valence-electron chi connectivity index (χ4n) is 2.80. The molecule has 1 aliphatic rings. The molecule has 13 heteroatoms. The van der Waals surface area contributed by atoms with E-state index in [9.17, 15) is 24.0 Å². The monoisotopic (exact) mass is 510 g/mol. The Morgan fingerprint density at radius 1 is 0.750 bits per heavy atom. The maximum atomic E-state index is 12.1. The molecule has 1 heterocycles. The van der Waals surface area contributed by atoms with Crippen molar-refractivity contribution in [3.63, 3.8) is 0 Å². The van der Waals surface area contributed by atoms with Gasteiger partial charge in [-0.1, -0.05) is 12.1 Å². The van der Waals surface area contributed by atoms with Gasteiger partial charge in [0.15, 0.2) is 0 Å². The van der Waals surface area contributed by atoms with E-state index >= 15 is 0 Å². The van der Waals surface area contributed by atoms with Crippen molar-refractivity contribution in [2.24, 2.45) is 0 Å². The van der Waals surface area contributed by atoms with E-state index in [4.69, 9.17) is 23.8 Å². The minimum Gasteiger partial charge on any atom is -0.378 e. The number of hydrogen-bond donors (Lipinski definition) is 1. The summed E-state index contributed by atoms with van der Waals surface area (Å²) in [6.45, 7) is 2.26. The highest BCUT2D eigenvalue weighted by Crippen LogP contribution is 2.22. The molecule has 36 heavy (non-hydrogen) atoms. The van der Waals surface area contributed by atoms with Crippen molar-refractivity contribution in [3.05, 3.63) is 35.4 Å². The summed E-state index contributed by atoms with van der Waals surface area (Å²) in [4.78, 5) is 66.7. The first kappa shape index (κ1) is 29.0. The molecular formula is C23H30N2O11. The molecule has 0 aromatic heterocycles. The van der Waals surface area contributed by atoms with E-state index in [0.717, 1.165) is 5.06 Å². The molecule has 0 radical (unpaired) electrons. The summed E-state index contributed by atoms with van der Waals surface area (Å²) in [5.74, 6) is -2.17. The summed E-state index contributed by atoms with van der Waals surface area (Å²) >= 11 is 0. The zero-order chi connectivity index (χ0) is 26.0. The summed E-state index contributed by atoms with van der Waals surface area (Å²) in [5, 5.41) is 0.747. The van der Waals surface area contributed by atoms with Crippen LogP contribution in [-0.2, 0) is 43.0 Å². The standard InChI is InChI=1S/C23H30N2O11/c26-8-3-6-20(27)24-36-21(28)7-9-31-10-11-32-12-13-33-14-15-34-16-17-35-25-22(29)18-4-1-2-5-19(18)23(25)30/h1-2,4-5,8H,3,6-7,9-17H2,(H,24,27). The molecule has 1 aromatic carbocycles. The number of ether oxygens (including phenoxy) is 4. The Labute approximate surface area is 207 Å². The van der Waals surface area contributed by atoms with Crippen LogP contribution in [0.2, 0.25) is 0 Å². The minimum atomic E-state index is -0.652. The van der Waals surface area contributed by atoms with Crippen LogP contribution in [0.3, 0.4) is 0 Å². The largest absolute Gasteiger partial charge is 0.378 e. The summed E-state index contributed by atoms with van der Waals surface area (Å²) in [6, 6.07) is 6.52. The number of carbonyl (C=O) groups excluding carboxylic acids is 5. The molecule has 0 fully saturated rings. The molecule has 2 rings (SSSR count). The van der Waals surface area contributed by atoms with E-state index in [2.05, 4.69) is 4.84 Å². The Morgan fingerprint density at radius 3 is 1.78 bits per heavy atom. The van der Waals surface area contributed by atoms with Gasteiger partial charge < -0.3 is 28.6 Å². The molecule has 0 bridgehead atoms. The Morgan fingerprint density at radius 2 is 1.25 bits per heavy atom. The van der Waals surface area contributed by atoms with Gasteiger partial charge in [0.05, 0.1) is 77.0 Å². The number of carbonyl (C=O) groups is 5. The summed E-state index contributed by atoms with van der Waals surface area (Å²) in [5.41, 5.74) is 2.59. The van der Waals surface area contributed by atoms with Crippen LogP contribution in [0.5, 0.6) is 0 Å². The fraction of sp³-hybridized carbons (Fsp3) is 0.522. The third-order valence-electron chi connectivity index (χ3n) is 4.54.